The van der Waals surface area contributed by atoms with E-state index in [1.165, 1.54) is 0 Å². The monoisotopic (exact) mass is 288 g/mol. The number of aryl methyl sites for hydroxylation is 1. The lowest BCUT2D eigenvalue weighted by atomic mass is 9.97. The summed E-state index contributed by atoms with van der Waals surface area (Å²) in [7, 11) is 0. The van der Waals surface area contributed by atoms with Gasteiger partial charge in [0.1, 0.15) is 6.10 Å². The second-order valence-corrected chi connectivity index (χ2v) is 5.16. The molecule has 0 aliphatic carbocycles. The van der Waals surface area contributed by atoms with Gasteiger partial charge in [0.05, 0.1) is 11.0 Å². The second-order valence-electron chi connectivity index (χ2n) is 4.76. The van der Waals surface area contributed by atoms with Gasteiger partial charge < -0.3 is 15.1 Å². The number of aromatic nitrogens is 2. The van der Waals surface area contributed by atoms with Gasteiger partial charge in [-0.2, -0.15) is 0 Å². The Bertz CT molecular complexity index is 835. The molecule has 3 N–H and O–H groups in total. The summed E-state index contributed by atoms with van der Waals surface area (Å²) in [6.07, 6.45) is -0.827. The molecule has 0 aliphatic heterocycles. The maximum absolute atomic E-state index is 11.3. The van der Waals surface area contributed by atoms with Crippen LogP contribution in [0.3, 0.4) is 0 Å². The lowest BCUT2D eigenvalue weighted by Gasteiger charge is -2.15. The topological polar surface area (TPSA) is 68.9 Å². The van der Waals surface area contributed by atoms with Gasteiger partial charge in [0.15, 0.2) is 0 Å². The lowest BCUT2D eigenvalue weighted by Crippen LogP contribution is -2.02. The molecule has 0 fully saturated rings. The summed E-state index contributed by atoms with van der Waals surface area (Å²) in [6, 6.07) is 10.9. The van der Waals surface area contributed by atoms with Crippen molar-refractivity contribution in [3.63, 3.8) is 0 Å². The molecular weight excluding hydrogens is 276 g/mol. The molecule has 1 atom stereocenters. The lowest BCUT2D eigenvalue weighted by molar-refractivity contribution is 0.220. The van der Waals surface area contributed by atoms with Crippen molar-refractivity contribution in [3.05, 3.63) is 68.6 Å². The minimum absolute atomic E-state index is 0.293. The Morgan fingerprint density at radius 1 is 1.10 bits per heavy atom. The van der Waals surface area contributed by atoms with E-state index in [4.69, 9.17) is 11.6 Å². The summed E-state index contributed by atoms with van der Waals surface area (Å²) in [5, 5.41) is 11.0. The molecule has 2 aromatic carbocycles. The molecule has 20 heavy (non-hydrogen) atoms. The van der Waals surface area contributed by atoms with Gasteiger partial charge in [0, 0.05) is 10.6 Å². The molecule has 0 saturated heterocycles. The molecule has 1 aromatic heterocycles. The van der Waals surface area contributed by atoms with Crippen LogP contribution in [-0.4, -0.2) is 15.1 Å². The van der Waals surface area contributed by atoms with Gasteiger partial charge in [-0.05, 0) is 30.2 Å². The molecule has 0 amide bonds. The summed E-state index contributed by atoms with van der Waals surface area (Å²) in [4.78, 5) is 16.6. The second kappa shape index (κ2) is 4.81. The Kier molecular flexibility index (Phi) is 3.12. The van der Waals surface area contributed by atoms with Crippen LogP contribution in [0.5, 0.6) is 0 Å². The van der Waals surface area contributed by atoms with E-state index in [0.717, 1.165) is 11.1 Å². The van der Waals surface area contributed by atoms with Crippen LogP contribution in [0.2, 0.25) is 5.02 Å². The number of aliphatic hydroxyl groups is 1. The zero-order chi connectivity index (χ0) is 14.3. The highest BCUT2D eigenvalue weighted by Crippen LogP contribution is 2.31. The van der Waals surface area contributed by atoms with Crippen LogP contribution in [0.15, 0.2) is 41.2 Å². The molecule has 1 unspecified atom stereocenters. The van der Waals surface area contributed by atoms with Crippen molar-refractivity contribution < 1.29 is 5.11 Å². The maximum atomic E-state index is 11.3. The molecular formula is C15H13ClN2O2. The van der Waals surface area contributed by atoms with Gasteiger partial charge in [-0.15, -0.1) is 0 Å². The van der Waals surface area contributed by atoms with Crippen LogP contribution < -0.4 is 5.69 Å². The number of fused-ring (bicyclic) bond motifs is 1. The largest absolute Gasteiger partial charge is 0.384 e. The normalized spacial score (nSPS) is 12.8. The average Bonchev–Trinajstić information content (AvgIpc) is 2.76. The molecule has 0 aliphatic rings. The number of H-pyrrole nitrogens is 2. The summed E-state index contributed by atoms with van der Waals surface area (Å²) >= 11 is 6.21. The fraction of sp³-hybridized carbons (Fsp3) is 0.133. The number of hydrogen-bond donors (Lipinski definition) is 3. The van der Waals surface area contributed by atoms with E-state index in [0.29, 0.717) is 21.6 Å². The van der Waals surface area contributed by atoms with Crippen molar-refractivity contribution in [1.82, 2.24) is 9.97 Å². The van der Waals surface area contributed by atoms with Crippen molar-refractivity contribution in [2.24, 2.45) is 0 Å². The Morgan fingerprint density at radius 3 is 2.45 bits per heavy atom. The smallest absolute Gasteiger partial charge is 0.323 e. The molecule has 0 radical (unpaired) electrons. The van der Waals surface area contributed by atoms with E-state index in [2.05, 4.69) is 9.97 Å². The molecule has 102 valence electrons. The van der Waals surface area contributed by atoms with Crippen LogP contribution in [-0.2, 0) is 0 Å². The minimum Gasteiger partial charge on any atom is -0.384 e. The minimum atomic E-state index is -0.827. The fourth-order valence-corrected chi connectivity index (χ4v) is 2.61. The highest BCUT2D eigenvalue weighted by molar-refractivity contribution is 6.32. The number of aromatic amines is 2. The molecule has 1 heterocycles. The van der Waals surface area contributed by atoms with Crippen LogP contribution >= 0.6 is 11.6 Å². The highest BCUT2D eigenvalue weighted by Gasteiger charge is 2.17. The van der Waals surface area contributed by atoms with E-state index in [-0.39, 0.29) is 5.69 Å². The van der Waals surface area contributed by atoms with Gasteiger partial charge in [-0.3, -0.25) is 0 Å². The van der Waals surface area contributed by atoms with E-state index >= 15 is 0 Å². The first kappa shape index (κ1) is 13.0. The van der Waals surface area contributed by atoms with Crippen molar-refractivity contribution in [3.8, 4) is 0 Å². The Labute approximate surface area is 120 Å². The van der Waals surface area contributed by atoms with E-state index < -0.39 is 6.10 Å². The number of aliphatic hydroxyl groups excluding tert-OH is 1. The molecule has 0 spiro atoms. The predicted molar refractivity (Wildman–Crippen MR) is 79.2 cm³/mol. The Hall–Kier alpha value is -2.04. The van der Waals surface area contributed by atoms with Crippen molar-refractivity contribution in [2.45, 2.75) is 13.0 Å². The Morgan fingerprint density at radius 2 is 1.75 bits per heavy atom. The average molecular weight is 289 g/mol. The zero-order valence-corrected chi connectivity index (χ0v) is 11.5. The first-order valence-corrected chi connectivity index (χ1v) is 6.59. The molecule has 0 bridgehead atoms. The number of halogens is 1. The number of rotatable bonds is 2. The van der Waals surface area contributed by atoms with Gasteiger partial charge in [0.25, 0.3) is 0 Å². The molecule has 3 rings (SSSR count). The third kappa shape index (κ3) is 2.13. The Balaban J connectivity index is 2.16. The zero-order valence-electron chi connectivity index (χ0n) is 10.8. The van der Waals surface area contributed by atoms with Gasteiger partial charge in [-0.1, -0.05) is 35.9 Å². The molecule has 5 heteroatoms. The number of nitrogens with one attached hydrogen (secondary N) is 2. The standard InChI is InChI=1S/C15H13ClN2O2/c1-8-4-2-3-5-9(8)14(19)10-6-12-13(7-11(10)16)18-15(20)17-12/h2-7,14,19H,1H3,(H2,17,18,20). The molecule has 4 nitrogen and oxygen atoms in total. The van der Waals surface area contributed by atoms with Crippen molar-refractivity contribution in [2.75, 3.05) is 0 Å². The van der Waals surface area contributed by atoms with E-state index in [1.807, 2.05) is 31.2 Å². The highest BCUT2D eigenvalue weighted by atomic mass is 35.5. The van der Waals surface area contributed by atoms with Crippen LogP contribution in [0.25, 0.3) is 11.0 Å². The van der Waals surface area contributed by atoms with Gasteiger partial charge in [-0.25, -0.2) is 4.79 Å². The van der Waals surface area contributed by atoms with Crippen molar-refractivity contribution in [1.29, 1.82) is 0 Å². The van der Waals surface area contributed by atoms with Crippen molar-refractivity contribution >= 4 is 22.6 Å². The van der Waals surface area contributed by atoms with Gasteiger partial charge in [0.2, 0.25) is 0 Å². The summed E-state index contributed by atoms with van der Waals surface area (Å²) in [5.41, 5.74) is 3.32. The quantitative estimate of drug-likeness (QED) is 0.679. The third-order valence-corrected chi connectivity index (χ3v) is 3.74. The summed E-state index contributed by atoms with van der Waals surface area (Å²) in [5.74, 6) is 0. The first-order chi connectivity index (χ1) is 9.56. The summed E-state index contributed by atoms with van der Waals surface area (Å²) < 4.78 is 0. The van der Waals surface area contributed by atoms with Crippen LogP contribution in [0.1, 0.15) is 22.8 Å². The number of hydrogen-bond acceptors (Lipinski definition) is 2. The first-order valence-electron chi connectivity index (χ1n) is 6.21. The fourth-order valence-electron chi connectivity index (χ4n) is 2.34. The molecule has 3 aromatic rings. The molecule has 0 saturated carbocycles. The van der Waals surface area contributed by atoms with Crippen LogP contribution in [0.4, 0.5) is 0 Å². The van der Waals surface area contributed by atoms with E-state index in [9.17, 15) is 9.90 Å². The SMILES string of the molecule is Cc1ccccc1C(O)c1cc2[nH]c(=O)[nH]c2cc1Cl. The van der Waals surface area contributed by atoms with Crippen LogP contribution in [0, 0.1) is 6.92 Å². The number of imidazole rings is 1. The predicted octanol–water partition coefficient (Wildman–Crippen LogP) is 2.90. The summed E-state index contributed by atoms with van der Waals surface area (Å²) in [6.45, 7) is 1.93. The number of benzene rings is 2. The van der Waals surface area contributed by atoms with E-state index in [1.54, 1.807) is 12.1 Å². The van der Waals surface area contributed by atoms with Gasteiger partial charge >= 0.3 is 5.69 Å². The maximum Gasteiger partial charge on any atom is 0.323 e. The third-order valence-electron chi connectivity index (χ3n) is 3.41.